The predicted octanol–water partition coefficient (Wildman–Crippen LogP) is 3.15. The minimum atomic E-state index is -0.142. The monoisotopic (exact) mass is 414 g/mol. The number of likely N-dealkylation sites (tertiary alicyclic amines) is 1. The van der Waals surface area contributed by atoms with Gasteiger partial charge >= 0.3 is 6.09 Å². The first kappa shape index (κ1) is 19.9. The molecule has 4 aliphatic rings. The molecule has 1 amide bonds. The molecule has 1 aromatic heterocycles. The Morgan fingerprint density at radius 1 is 1.20 bits per heavy atom. The van der Waals surface area contributed by atoms with Crippen LogP contribution >= 0.6 is 0 Å². The van der Waals surface area contributed by atoms with Crippen LogP contribution in [0.5, 0.6) is 5.88 Å². The van der Waals surface area contributed by atoms with Crippen LogP contribution in [0.3, 0.4) is 0 Å². The van der Waals surface area contributed by atoms with Gasteiger partial charge in [-0.05, 0) is 57.6 Å². The number of piperazine rings is 1. The highest BCUT2D eigenvalue weighted by Gasteiger charge is 2.51. The fourth-order valence-electron chi connectivity index (χ4n) is 5.57. The molecule has 0 N–H and O–H groups in total. The fourth-order valence-corrected chi connectivity index (χ4v) is 5.57. The lowest BCUT2D eigenvalue weighted by atomic mass is 9.78. The summed E-state index contributed by atoms with van der Waals surface area (Å²) in [5.74, 6) is 0.809. The molecule has 5 rings (SSSR count). The van der Waals surface area contributed by atoms with E-state index < -0.39 is 0 Å². The van der Waals surface area contributed by atoms with E-state index in [1.165, 1.54) is 25.7 Å². The zero-order valence-corrected chi connectivity index (χ0v) is 18.1. The Hall–Kier alpha value is -2.02. The molecule has 0 unspecified atom stereocenters. The Bertz CT molecular complexity index is 755. The van der Waals surface area contributed by atoms with Crippen molar-refractivity contribution in [2.75, 3.05) is 50.8 Å². The second-order valence-electron chi connectivity index (χ2n) is 9.47. The Kier molecular flexibility index (Phi) is 5.48. The highest BCUT2D eigenvalue weighted by atomic mass is 16.6. The number of carbonyl (C=O) groups is 1. The lowest BCUT2D eigenvalue weighted by Crippen LogP contribution is -2.58. The number of amides is 1. The number of anilines is 1. The van der Waals surface area contributed by atoms with Crippen LogP contribution in [0.2, 0.25) is 0 Å². The number of ether oxygens (including phenoxy) is 2. The summed E-state index contributed by atoms with van der Waals surface area (Å²) >= 11 is 0. The van der Waals surface area contributed by atoms with E-state index >= 15 is 0 Å². The molecule has 7 nitrogen and oxygen atoms in total. The summed E-state index contributed by atoms with van der Waals surface area (Å²) in [5, 5.41) is 0. The van der Waals surface area contributed by atoms with Gasteiger partial charge in [-0.2, -0.15) is 0 Å². The summed E-state index contributed by atoms with van der Waals surface area (Å²) in [5.41, 5.74) is 1.48. The summed E-state index contributed by atoms with van der Waals surface area (Å²) in [7, 11) is 0. The SMILES string of the molecule is CCOC(=O)N1CC2(CC[C@@H](N3CCN(c4cccnc4OC4CCC4)CC3)C2)C1. The zero-order valence-electron chi connectivity index (χ0n) is 18.1. The maximum atomic E-state index is 11.9. The molecular formula is C23H34N4O3. The van der Waals surface area contributed by atoms with Crippen LogP contribution in [0.1, 0.15) is 45.4 Å². The van der Waals surface area contributed by atoms with Crippen LogP contribution in [-0.2, 0) is 4.74 Å². The number of rotatable bonds is 5. The van der Waals surface area contributed by atoms with Gasteiger partial charge in [-0.3, -0.25) is 4.90 Å². The van der Waals surface area contributed by atoms with Crippen molar-refractivity contribution in [3.63, 3.8) is 0 Å². The molecular weight excluding hydrogens is 380 g/mol. The minimum absolute atomic E-state index is 0.142. The van der Waals surface area contributed by atoms with E-state index in [0.717, 1.165) is 63.7 Å². The van der Waals surface area contributed by atoms with Crippen LogP contribution in [0.15, 0.2) is 18.3 Å². The third-order valence-electron chi connectivity index (χ3n) is 7.51. The number of pyridine rings is 1. The molecule has 0 radical (unpaired) electrons. The van der Waals surface area contributed by atoms with Crippen molar-refractivity contribution in [1.82, 2.24) is 14.8 Å². The van der Waals surface area contributed by atoms with E-state index in [2.05, 4.69) is 20.9 Å². The molecule has 4 fully saturated rings. The minimum Gasteiger partial charge on any atom is -0.473 e. The Balaban J connectivity index is 1.13. The molecule has 3 heterocycles. The summed E-state index contributed by atoms with van der Waals surface area (Å²) in [4.78, 5) is 23.4. The average molecular weight is 415 g/mol. The lowest BCUT2D eigenvalue weighted by molar-refractivity contribution is -0.00295. The van der Waals surface area contributed by atoms with E-state index in [9.17, 15) is 4.79 Å². The highest BCUT2D eigenvalue weighted by Crippen LogP contribution is 2.47. The van der Waals surface area contributed by atoms with E-state index in [0.29, 0.717) is 24.2 Å². The van der Waals surface area contributed by atoms with Gasteiger partial charge in [-0.1, -0.05) is 0 Å². The van der Waals surface area contributed by atoms with Gasteiger partial charge in [0.25, 0.3) is 0 Å². The van der Waals surface area contributed by atoms with E-state index in [-0.39, 0.29) is 6.09 Å². The van der Waals surface area contributed by atoms with Gasteiger partial charge in [-0.15, -0.1) is 0 Å². The van der Waals surface area contributed by atoms with Crippen LogP contribution < -0.4 is 9.64 Å². The number of nitrogens with zero attached hydrogens (tertiary/aromatic N) is 4. The third-order valence-corrected chi connectivity index (χ3v) is 7.51. The molecule has 0 bridgehead atoms. The Labute approximate surface area is 179 Å². The quantitative estimate of drug-likeness (QED) is 0.738. The summed E-state index contributed by atoms with van der Waals surface area (Å²) in [6.07, 6.45) is 9.32. The Morgan fingerprint density at radius 2 is 2.00 bits per heavy atom. The van der Waals surface area contributed by atoms with Gasteiger partial charge in [0.1, 0.15) is 6.10 Å². The van der Waals surface area contributed by atoms with Crippen molar-refractivity contribution in [2.45, 2.75) is 57.6 Å². The molecule has 7 heteroatoms. The normalized spacial score (nSPS) is 26.4. The molecule has 1 aromatic rings. The maximum Gasteiger partial charge on any atom is 0.409 e. The summed E-state index contributed by atoms with van der Waals surface area (Å²) in [6.45, 7) is 8.28. The first-order valence-electron chi connectivity index (χ1n) is 11.7. The van der Waals surface area contributed by atoms with Crippen LogP contribution in [0, 0.1) is 5.41 Å². The molecule has 2 aliphatic carbocycles. The zero-order chi connectivity index (χ0) is 20.6. The van der Waals surface area contributed by atoms with Crippen molar-refractivity contribution in [3.05, 3.63) is 18.3 Å². The summed E-state index contributed by atoms with van der Waals surface area (Å²) in [6, 6.07) is 4.82. The second-order valence-corrected chi connectivity index (χ2v) is 9.47. The molecule has 164 valence electrons. The number of hydrogen-bond donors (Lipinski definition) is 0. The molecule has 2 saturated heterocycles. The lowest BCUT2D eigenvalue weighted by Gasteiger charge is -2.48. The first-order chi connectivity index (χ1) is 14.7. The van der Waals surface area contributed by atoms with Crippen LogP contribution in [0.4, 0.5) is 10.5 Å². The number of aromatic nitrogens is 1. The van der Waals surface area contributed by atoms with Crippen LogP contribution in [0.25, 0.3) is 0 Å². The Morgan fingerprint density at radius 3 is 2.70 bits per heavy atom. The molecule has 1 spiro atoms. The highest BCUT2D eigenvalue weighted by molar-refractivity contribution is 5.69. The van der Waals surface area contributed by atoms with Gasteiger partial charge in [0.05, 0.1) is 12.3 Å². The average Bonchev–Trinajstić information content (AvgIpc) is 3.16. The number of carbonyl (C=O) groups excluding carboxylic acids is 1. The molecule has 2 aliphatic heterocycles. The molecule has 2 saturated carbocycles. The van der Waals surface area contributed by atoms with Crippen molar-refractivity contribution >= 4 is 11.8 Å². The van der Waals surface area contributed by atoms with E-state index in [1.807, 2.05) is 24.1 Å². The third kappa shape index (κ3) is 3.84. The summed E-state index contributed by atoms with van der Waals surface area (Å²) < 4.78 is 11.3. The van der Waals surface area contributed by atoms with Crippen molar-refractivity contribution in [3.8, 4) is 5.88 Å². The van der Waals surface area contributed by atoms with Crippen LogP contribution in [-0.4, -0.2) is 78.9 Å². The van der Waals surface area contributed by atoms with Gasteiger partial charge in [-0.25, -0.2) is 9.78 Å². The topological polar surface area (TPSA) is 58.1 Å². The second kappa shape index (κ2) is 8.25. The van der Waals surface area contributed by atoms with Crippen molar-refractivity contribution in [1.29, 1.82) is 0 Å². The first-order valence-corrected chi connectivity index (χ1v) is 11.7. The maximum absolute atomic E-state index is 11.9. The largest absolute Gasteiger partial charge is 0.473 e. The standard InChI is InChI=1S/C23H34N4O3/c1-2-29-22(28)27-16-23(17-27)9-8-18(15-23)25-11-13-26(14-12-25)20-7-4-10-24-21(20)30-19-5-3-6-19/h4,7,10,18-19H,2-3,5-6,8-9,11-17H2,1H3/t18-/m1/s1. The van der Waals surface area contributed by atoms with E-state index in [4.69, 9.17) is 9.47 Å². The van der Waals surface area contributed by atoms with Gasteiger partial charge in [0, 0.05) is 56.9 Å². The van der Waals surface area contributed by atoms with Crippen molar-refractivity contribution in [2.24, 2.45) is 5.41 Å². The molecule has 30 heavy (non-hydrogen) atoms. The number of hydrogen-bond acceptors (Lipinski definition) is 6. The molecule has 0 aromatic carbocycles. The van der Waals surface area contributed by atoms with Gasteiger partial charge in [0.15, 0.2) is 0 Å². The molecule has 1 atom stereocenters. The van der Waals surface area contributed by atoms with E-state index in [1.54, 1.807) is 0 Å². The smallest absolute Gasteiger partial charge is 0.409 e. The van der Waals surface area contributed by atoms with Gasteiger partial charge in [0.2, 0.25) is 5.88 Å². The predicted molar refractivity (Wildman–Crippen MR) is 115 cm³/mol. The fraction of sp³-hybridized carbons (Fsp3) is 0.739. The van der Waals surface area contributed by atoms with Gasteiger partial charge < -0.3 is 19.3 Å². The van der Waals surface area contributed by atoms with Crippen molar-refractivity contribution < 1.29 is 14.3 Å².